The molecule has 0 radical (unpaired) electrons. The van der Waals surface area contributed by atoms with Crippen molar-refractivity contribution in [3.8, 4) is 0 Å². The molecule has 35 heavy (non-hydrogen) atoms. The largest absolute Gasteiger partial charge is 0.280 e. The van der Waals surface area contributed by atoms with Gasteiger partial charge < -0.3 is 0 Å². The number of hydrazone groups is 1. The third-order valence-electron chi connectivity index (χ3n) is 6.57. The smallest absolute Gasteiger partial charge is 0.269 e. The summed E-state index contributed by atoms with van der Waals surface area (Å²) in [6, 6.07) is 18.5. The molecule has 0 bridgehead atoms. The molecule has 1 heterocycles. The summed E-state index contributed by atoms with van der Waals surface area (Å²) in [5.41, 5.74) is 2.35. The molecule has 0 N–H and O–H groups in total. The van der Waals surface area contributed by atoms with E-state index in [0.29, 0.717) is 0 Å². The molecular formula is C30H42N4O. The van der Waals surface area contributed by atoms with Crippen molar-refractivity contribution in [1.82, 2.24) is 0 Å². The molecule has 1 aliphatic heterocycles. The van der Waals surface area contributed by atoms with Crippen LogP contribution in [0.1, 0.15) is 96.8 Å². The quantitative estimate of drug-likeness (QED) is 0.167. The minimum Gasteiger partial charge on any atom is -0.269 e. The third kappa shape index (κ3) is 9.39. The molecule has 2 aromatic carbocycles. The molecule has 188 valence electrons. The monoisotopic (exact) mass is 474 g/mol. The van der Waals surface area contributed by atoms with Gasteiger partial charge in [-0.25, -0.2) is 0 Å². The molecule has 1 atom stereocenters. The average molecular weight is 475 g/mol. The third-order valence-corrected chi connectivity index (χ3v) is 6.57. The minimum absolute atomic E-state index is 0.124. The summed E-state index contributed by atoms with van der Waals surface area (Å²) in [6.07, 6.45) is 17.9. The fourth-order valence-corrected chi connectivity index (χ4v) is 4.49. The lowest BCUT2D eigenvalue weighted by Gasteiger charge is -2.11. The summed E-state index contributed by atoms with van der Waals surface area (Å²) in [5.74, 6) is -0.124. The maximum atomic E-state index is 13.1. The predicted molar refractivity (Wildman–Crippen MR) is 146 cm³/mol. The zero-order chi connectivity index (χ0) is 24.6. The Morgan fingerprint density at radius 2 is 1.23 bits per heavy atom. The zero-order valence-electron chi connectivity index (χ0n) is 21.4. The first-order valence-corrected chi connectivity index (χ1v) is 13.7. The van der Waals surface area contributed by atoms with E-state index in [9.17, 15) is 4.79 Å². The molecule has 1 aliphatic rings. The number of anilines is 1. The van der Waals surface area contributed by atoms with E-state index in [0.717, 1.165) is 36.3 Å². The summed E-state index contributed by atoms with van der Waals surface area (Å²) < 4.78 is 0. The van der Waals surface area contributed by atoms with Crippen molar-refractivity contribution >= 4 is 23.0 Å². The van der Waals surface area contributed by atoms with Crippen LogP contribution in [-0.4, -0.2) is 17.7 Å². The van der Waals surface area contributed by atoms with E-state index in [4.69, 9.17) is 0 Å². The van der Waals surface area contributed by atoms with E-state index < -0.39 is 6.04 Å². The van der Waals surface area contributed by atoms with Gasteiger partial charge in [0.15, 0.2) is 6.04 Å². The number of hydrogen-bond donors (Lipinski definition) is 0. The standard InChI is InChI=1S/C30H42N4O/c1-2-3-4-5-6-7-8-9-10-11-12-13-20-25-28-29(32-31-26-21-16-14-17-22-26)30(35)34(33-28)27-23-18-15-19-24-27/h14-19,21-24,29H,2-13,20,25H2,1H3/t29-/m1/s1. The van der Waals surface area contributed by atoms with Gasteiger partial charge in [0.1, 0.15) is 0 Å². The van der Waals surface area contributed by atoms with E-state index in [1.165, 1.54) is 75.6 Å². The molecule has 0 aliphatic carbocycles. The van der Waals surface area contributed by atoms with Gasteiger partial charge in [-0.2, -0.15) is 20.3 Å². The Balaban J connectivity index is 1.41. The Bertz CT molecular complexity index is 910. The highest BCUT2D eigenvalue weighted by molar-refractivity contribution is 6.18. The number of hydrogen-bond acceptors (Lipinski definition) is 4. The van der Waals surface area contributed by atoms with Crippen LogP contribution in [0, 0.1) is 0 Å². The fraction of sp³-hybridized carbons (Fsp3) is 0.533. The van der Waals surface area contributed by atoms with Crippen molar-refractivity contribution in [1.29, 1.82) is 0 Å². The second kappa shape index (κ2) is 16.0. The molecule has 3 rings (SSSR count). The molecule has 5 nitrogen and oxygen atoms in total. The highest BCUT2D eigenvalue weighted by Gasteiger charge is 2.36. The van der Waals surface area contributed by atoms with E-state index in [1.807, 2.05) is 60.7 Å². The van der Waals surface area contributed by atoms with Crippen LogP contribution >= 0.6 is 0 Å². The Kier molecular flexibility index (Phi) is 12.2. The first kappa shape index (κ1) is 26.8. The van der Waals surface area contributed by atoms with Gasteiger partial charge in [0.05, 0.1) is 17.1 Å². The summed E-state index contributed by atoms with van der Waals surface area (Å²) in [6.45, 7) is 2.27. The van der Waals surface area contributed by atoms with E-state index in [2.05, 4.69) is 22.3 Å². The van der Waals surface area contributed by atoms with Gasteiger partial charge in [-0.15, -0.1) is 0 Å². The number of unbranched alkanes of at least 4 members (excludes halogenated alkanes) is 12. The lowest BCUT2D eigenvalue weighted by Crippen LogP contribution is -2.30. The van der Waals surface area contributed by atoms with Crippen molar-refractivity contribution in [2.45, 2.75) is 103 Å². The highest BCUT2D eigenvalue weighted by Crippen LogP contribution is 2.25. The lowest BCUT2D eigenvalue weighted by molar-refractivity contribution is -0.117. The highest BCUT2D eigenvalue weighted by atomic mass is 16.2. The molecule has 5 heteroatoms. The topological polar surface area (TPSA) is 57.4 Å². The van der Waals surface area contributed by atoms with Crippen LogP contribution in [0.2, 0.25) is 0 Å². The first-order valence-electron chi connectivity index (χ1n) is 13.7. The SMILES string of the molecule is CCCCCCCCCCCCCCCC1=NN(c2ccccc2)C(=O)[C@@H]1N=Nc1ccccc1. The van der Waals surface area contributed by atoms with Gasteiger partial charge >= 0.3 is 0 Å². The minimum atomic E-state index is -0.632. The number of carbonyl (C=O) groups is 1. The normalized spacial score (nSPS) is 15.8. The van der Waals surface area contributed by atoms with Crippen LogP contribution in [0.15, 0.2) is 76.0 Å². The number of benzene rings is 2. The molecule has 0 unspecified atom stereocenters. The van der Waals surface area contributed by atoms with Crippen molar-refractivity contribution in [3.63, 3.8) is 0 Å². The molecule has 1 amide bonds. The van der Waals surface area contributed by atoms with E-state index in [-0.39, 0.29) is 5.91 Å². The number of rotatable bonds is 17. The molecule has 0 saturated carbocycles. The summed E-state index contributed by atoms with van der Waals surface area (Å²) in [5, 5.41) is 14.9. The Morgan fingerprint density at radius 3 is 1.80 bits per heavy atom. The number of para-hydroxylation sites is 1. The number of amides is 1. The van der Waals surface area contributed by atoms with Gasteiger partial charge in [0.2, 0.25) is 0 Å². The maximum absolute atomic E-state index is 13.1. The zero-order valence-corrected chi connectivity index (χ0v) is 21.4. The van der Waals surface area contributed by atoms with Crippen molar-refractivity contribution < 1.29 is 4.79 Å². The van der Waals surface area contributed by atoms with Crippen LogP contribution in [0.4, 0.5) is 11.4 Å². The average Bonchev–Trinajstić information content (AvgIpc) is 3.21. The van der Waals surface area contributed by atoms with Crippen LogP contribution in [0.5, 0.6) is 0 Å². The van der Waals surface area contributed by atoms with Crippen LogP contribution in [-0.2, 0) is 4.79 Å². The predicted octanol–water partition coefficient (Wildman–Crippen LogP) is 9.02. The maximum Gasteiger partial charge on any atom is 0.280 e. The van der Waals surface area contributed by atoms with Crippen molar-refractivity contribution in [2.24, 2.45) is 15.3 Å². The second-order valence-corrected chi connectivity index (χ2v) is 9.52. The lowest BCUT2D eigenvalue weighted by atomic mass is 10.0. The van der Waals surface area contributed by atoms with Gasteiger partial charge in [0, 0.05) is 0 Å². The molecule has 0 aromatic heterocycles. The molecular weight excluding hydrogens is 432 g/mol. The number of carbonyl (C=O) groups excluding carboxylic acids is 1. The Labute approximate surface area is 211 Å². The second-order valence-electron chi connectivity index (χ2n) is 9.52. The number of azo groups is 1. The van der Waals surface area contributed by atoms with Crippen molar-refractivity contribution in [3.05, 3.63) is 60.7 Å². The Morgan fingerprint density at radius 1 is 0.714 bits per heavy atom. The fourth-order valence-electron chi connectivity index (χ4n) is 4.49. The van der Waals surface area contributed by atoms with Gasteiger partial charge in [-0.3, -0.25) is 4.79 Å². The van der Waals surface area contributed by atoms with Gasteiger partial charge in [-0.1, -0.05) is 120 Å². The van der Waals surface area contributed by atoms with E-state index in [1.54, 1.807) is 0 Å². The van der Waals surface area contributed by atoms with E-state index >= 15 is 0 Å². The van der Waals surface area contributed by atoms with Gasteiger partial charge in [-0.05, 0) is 37.1 Å². The number of nitrogens with zero attached hydrogens (tertiary/aromatic N) is 4. The first-order chi connectivity index (χ1) is 17.3. The van der Waals surface area contributed by atoms with Crippen molar-refractivity contribution in [2.75, 3.05) is 5.01 Å². The van der Waals surface area contributed by atoms with Crippen LogP contribution in [0.25, 0.3) is 0 Å². The summed E-state index contributed by atoms with van der Waals surface area (Å²) in [7, 11) is 0. The van der Waals surface area contributed by atoms with Crippen LogP contribution < -0.4 is 5.01 Å². The van der Waals surface area contributed by atoms with Gasteiger partial charge in [0.25, 0.3) is 5.91 Å². The summed E-state index contributed by atoms with van der Waals surface area (Å²) in [4.78, 5) is 13.1. The molecule has 0 spiro atoms. The summed E-state index contributed by atoms with van der Waals surface area (Å²) >= 11 is 0. The molecule has 0 fully saturated rings. The molecule has 0 saturated heterocycles. The molecule has 2 aromatic rings. The van der Waals surface area contributed by atoms with Crippen LogP contribution in [0.3, 0.4) is 0 Å². The Hall–Kier alpha value is -2.82.